The van der Waals surface area contributed by atoms with E-state index in [2.05, 4.69) is 5.32 Å². The van der Waals surface area contributed by atoms with Crippen LogP contribution < -0.4 is 10.1 Å². The lowest BCUT2D eigenvalue weighted by atomic mass is 10.00. The lowest BCUT2D eigenvalue weighted by Crippen LogP contribution is -2.18. The Hall–Kier alpha value is -1.81. The Morgan fingerprint density at radius 2 is 2.11 bits per heavy atom. The van der Waals surface area contributed by atoms with Crippen molar-refractivity contribution in [1.29, 1.82) is 0 Å². The smallest absolute Gasteiger partial charge is 0.124 e. The van der Waals surface area contributed by atoms with Gasteiger partial charge >= 0.3 is 0 Å². The van der Waals surface area contributed by atoms with Gasteiger partial charge in [-0.1, -0.05) is 0 Å². The standard InChI is InChI=1S/C14H16FNO2/c1-9-6-10(8-18-9)14(16-2)12-7-11(15)4-5-13(12)17-3/h4-8,14,16H,1-3H3. The number of benzene rings is 1. The van der Waals surface area contributed by atoms with Gasteiger partial charge in [0.15, 0.2) is 0 Å². The Morgan fingerprint density at radius 3 is 2.67 bits per heavy atom. The van der Waals surface area contributed by atoms with Gasteiger partial charge < -0.3 is 14.5 Å². The first-order chi connectivity index (χ1) is 8.65. The topological polar surface area (TPSA) is 34.4 Å². The minimum Gasteiger partial charge on any atom is -0.496 e. The summed E-state index contributed by atoms with van der Waals surface area (Å²) in [5.74, 6) is 1.18. The molecule has 0 saturated carbocycles. The van der Waals surface area contributed by atoms with Crippen molar-refractivity contribution in [1.82, 2.24) is 5.32 Å². The first-order valence-corrected chi connectivity index (χ1v) is 5.71. The highest BCUT2D eigenvalue weighted by molar-refractivity contribution is 5.41. The molecule has 0 spiro atoms. The summed E-state index contributed by atoms with van der Waals surface area (Å²) in [5.41, 5.74) is 1.69. The molecule has 18 heavy (non-hydrogen) atoms. The Kier molecular flexibility index (Phi) is 3.67. The normalized spacial score (nSPS) is 12.4. The summed E-state index contributed by atoms with van der Waals surface area (Å²) in [4.78, 5) is 0. The quantitative estimate of drug-likeness (QED) is 0.904. The monoisotopic (exact) mass is 249 g/mol. The minimum absolute atomic E-state index is 0.159. The van der Waals surface area contributed by atoms with Crippen molar-refractivity contribution in [3.05, 3.63) is 53.2 Å². The summed E-state index contributed by atoms with van der Waals surface area (Å²) in [6.45, 7) is 1.87. The predicted molar refractivity (Wildman–Crippen MR) is 67.3 cm³/mol. The van der Waals surface area contributed by atoms with Crippen molar-refractivity contribution in [3.63, 3.8) is 0 Å². The third-order valence-electron chi connectivity index (χ3n) is 2.88. The van der Waals surface area contributed by atoms with Crippen LogP contribution >= 0.6 is 0 Å². The van der Waals surface area contributed by atoms with Crippen LogP contribution in [0.5, 0.6) is 5.75 Å². The molecule has 0 aliphatic heterocycles. The van der Waals surface area contributed by atoms with Gasteiger partial charge in [0.2, 0.25) is 0 Å². The zero-order chi connectivity index (χ0) is 13.1. The van der Waals surface area contributed by atoms with E-state index in [4.69, 9.17) is 9.15 Å². The highest BCUT2D eigenvalue weighted by atomic mass is 19.1. The molecule has 3 nitrogen and oxygen atoms in total. The van der Waals surface area contributed by atoms with E-state index in [1.807, 2.05) is 20.0 Å². The lowest BCUT2D eigenvalue weighted by molar-refractivity contribution is 0.403. The summed E-state index contributed by atoms with van der Waals surface area (Å²) >= 11 is 0. The Labute approximate surface area is 106 Å². The van der Waals surface area contributed by atoms with Gasteiger partial charge in [-0.05, 0) is 38.2 Å². The van der Waals surface area contributed by atoms with Gasteiger partial charge in [-0.15, -0.1) is 0 Å². The first-order valence-electron chi connectivity index (χ1n) is 5.71. The van der Waals surface area contributed by atoms with Crippen molar-refractivity contribution < 1.29 is 13.5 Å². The molecule has 2 aromatic rings. The number of furan rings is 1. The van der Waals surface area contributed by atoms with Crippen LogP contribution in [0.25, 0.3) is 0 Å². The number of ether oxygens (including phenoxy) is 1. The van der Waals surface area contributed by atoms with E-state index in [1.54, 1.807) is 19.4 Å². The molecule has 0 aliphatic rings. The molecule has 0 radical (unpaired) electrons. The molecule has 0 bridgehead atoms. The van der Waals surface area contributed by atoms with Gasteiger partial charge in [-0.3, -0.25) is 0 Å². The summed E-state index contributed by atoms with van der Waals surface area (Å²) < 4.78 is 24.0. The van der Waals surface area contributed by atoms with E-state index in [9.17, 15) is 4.39 Å². The fraction of sp³-hybridized carbons (Fsp3) is 0.286. The molecule has 96 valence electrons. The second kappa shape index (κ2) is 5.23. The van der Waals surface area contributed by atoms with Gasteiger partial charge in [0.25, 0.3) is 0 Å². The minimum atomic E-state index is -0.286. The number of aryl methyl sites for hydroxylation is 1. The summed E-state index contributed by atoms with van der Waals surface area (Å²) in [5, 5.41) is 3.14. The zero-order valence-corrected chi connectivity index (χ0v) is 10.7. The maximum atomic E-state index is 13.4. The van der Waals surface area contributed by atoms with Crippen molar-refractivity contribution in [2.45, 2.75) is 13.0 Å². The number of nitrogens with one attached hydrogen (secondary N) is 1. The van der Waals surface area contributed by atoms with Crippen LogP contribution in [0.3, 0.4) is 0 Å². The van der Waals surface area contributed by atoms with Crippen molar-refractivity contribution in [3.8, 4) is 5.75 Å². The molecule has 0 aliphatic carbocycles. The third-order valence-corrected chi connectivity index (χ3v) is 2.88. The van der Waals surface area contributed by atoms with Crippen LogP contribution in [0.1, 0.15) is 22.9 Å². The van der Waals surface area contributed by atoms with Crippen LogP contribution in [0.15, 0.2) is 34.9 Å². The number of hydrogen-bond donors (Lipinski definition) is 1. The van der Waals surface area contributed by atoms with Gasteiger partial charge in [0.05, 0.1) is 19.4 Å². The van der Waals surface area contributed by atoms with Gasteiger partial charge in [-0.2, -0.15) is 0 Å². The van der Waals surface area contributed by atoms with E-state index >= 15 is 0 Å². The maximum absolute atomic E-state index is 13.4. The molecule has 1 unspecified atom stereocenters. The SMILES string of the molecule is CNC(c1coc(C)c1)c1cc(F)ccc1OC. The van der Waals surface area contributed by atoms with Gasteiger partial charge in [0.1, 0.15) is 17.3 Å². The lowest BCUT2D eigenvalue weighted by Gasteiger charge is -2.18. The van der Waals surface area contributed by atoms with Crippen molar-refractivity contribution in [2.24, 2.45) is 0 Å². The molecule has 1 heterocycles. The first kappa shape index (κ1) is 12.6. The highest BCUT2D eigenvalue weighted by Crippen LogP contribution is 2.31. The summed E-state index contributed by atoms with van der Waals surface area (Å²) in [7, 11) is 3.39. The molecule has 0 fully saturated rings. The number of rotatable bonds is 4. The van der Waals surface area contributed by atoms with Gasteiger partial charge in [0, 0.05) is 11.1 Å². The fourth-order valence-corrected chi connectivity index (χ4v) is 2.05. The predicted octanol–water partition coefficient (Wildman–Crippen LogP) is 3.04. The van der Waals surface area contributed by atoms with Crippen LogP contribution in [0.4, 0.5) is 4.39 Å². The van der Waals surface area contributed by atoms with Crippen LogP contribution in [-0.4, -0.2) is 14.2 Å². The average molecular weight is 249 g/mol. The van der Waals surface area contributed by atoms with Crippen LogP contribution in [0, 0.1) is 12.7 Å². The largest absolute Gasteiger partial charge is 0.496 e. The Bertz CT molecular complexity index is 536. The van der Waals surface area contributed by atoms with Crippen molar-refractivity contribution in [2.75, 3.05) is 14.2 Å². The van der Waals surface area contributed by atoms with E-state index in [1.165, 1.54) is 12.1 Å². The maximum Gasteiger partial charge on any atom is 0.124 e. The van der Waals surface area contributed by atoms with E-state index in [-0.39, 0.29) is 11.9 Å². The molecule has 0 saturated heterocycles. The number of halogens is 1. The van der Waals surface area contributed by atoms with Crippen molar-refractivity contribution >= 4 is 0 Å². The Morgan fingerprint density at radius 1 is 1.33 bits per heavy atom. The van der Waals surface area contributed by atoms with Crippen LogP contribution in [-0.2, 0) is 0 Å². The molecule has 1 N–H and O–H groups in total. The average Bonchev–Trinajstić information content (AvgIpc) is 2.77. The van der Waals surface area contributed by atoms with Gasteiger partial charge in [-0.25, -0.2) is 4.39 Å². The zero-order valence-electron chi connectivity index (χ0n) is 10.7. The molecule has 1 aromatic heterocycles. The van der Waals surface area contributed by atoms with E-state index in [0.29, 0.717) is 5.75 Å². The number of hydrogen-bond acceptors (Lipinski definition) is 3. The van der Waals surface area contributed by atoms with E-state index in [0.717, 1.165) is 16.9 Å². The second-order valence-corrected chi connectivity index (χ2v) is 4.10. The second-order valence-electron chi connectivity index (χ2n) is 4.10. The molecule has 4 heteroatoms. The summed E-state index contributed by atoms with van der Waals surface area (Å²) in [6, 6.07) is 6.25. The van der Waals surface area contributed by atoms with Crippen LogP contribution in [0.2, 0.25) is 0 Å². The molecular weight excluding hydrogens is 233 g/mol. The molecule has 2 rings (SSSR count). The third kappa shape index (κ3) is 2.38. The summed E-state index contributed by atoms with van der Waals surface area (Å²) in [6.07, 6.45) is 1.67. The molecular formula is C14H16FNO2. The number of methoxy groups -OCH3 is 1. The Balaban J connectivity index is 2.47. The molecule has 0 amide bonds. The van der Waals surface area contributed by atoms with E-state index < -0.39 is 0 Å². The molecule has 1 aromatic carbocycles. The highest BCUT2D eigenvalue weighted by Gasteiger charge is 2.19. The fourth-order valence-electron chi connectivity index (χ4n) is 2.05. The molecule has 1 atom stereocenters.